The second-order valence-corrected chi connectivity index (χ2v) is 5.11. The van der Waals surface area contributed by atoms with Gasteiger partial charge in [0.25, 0.3) is 0 Å². The number of nitrogens with one attached hydrogen (secondary N) is 1. The van der Waals surface area contributed by atoms with Crippen molar-refractivity contribution in [1.82, 2.24) is 5.32 Å². The highest BCUT2D eigenvalue weighted by atomic mass is 16.2. The fraction of sp³-hybridized carbons (Fsp3) is 0.647. The molecule has 1 aromatic rings. The molecule has 0 unspecified atom stereocenters. The zero-order valence-electron chi connectivity index (χ0n) is 13.1. The van der Waals surface area contributed by atoms with Gasteiger partial charge in [0.05, 0.1) is 0 Å². The van der Waals surface area contributed by atoms with Crippen molar-refractivity contribution in [3.63, 3.8) is 0 Å². The quantitative estimate of drug-likeness (QED) is 0.857. The minimum Gasteiger partial charge on any atom is -0.400 e. The van der Waals surface area contributed by atoms with E-state index in [-0.39, 0.29) is 0 Å². The van der Waals surface area contributed by atoms with E-state index in [9.17, 15) is 0 Å². The molecular formula is C17H31NO. The molecule has 1 heterocycles. The van der Waals surface area contributed by atoms with Gasteiger partial charge in [0.15, 0.2) is 0 Å². The number of aliphatic hydroxyl groups is 1. The topological polar surface area (TPSA) is 32.3 Å². The average molecular weight is 265 g/mol. The zero-order valence-corrected chi connectivity index (χ0v) is 13.1. The van der Waals surface area contributed by atoms with E-state index in [4.69, 9.17) is 5.11 Å². The Kier molecular flexibility index (Phi) is 11.6. The van der Waals surface area contributed by atoms with Crippen LogP contribution in [0.2, 0.25) is 0 Å². The van der Waals surface area contributed by atoms with Crippen LogP contribution in [0.15, 0.2) is 24.3 Å². The molecule has 2 rings (SSSR count). The summed E-state index contributed by atoms with van der Waals surface area (Å²) < 4.78 is 0. The smallest absolute Gasteiger partial charge is 0.0319 e. The summed E-state index contributed by atoms with van der Waals surface area (Å²) in [5.41, 5.74) is 2.91. The van der Waals surface area contributed by atoms with Gasteiger partial charge in [-0.2, -0.15) is 0 Å². The molecule has 0 radical (unpaired) electrons. The van der Waals surface area contributed by atoms with Crippen molar-refractivity contribution in [3.8, 4) is 0 Å². The minimum absolute atomic E-state index is 0.973. The lowest BCUT2D eigenvalue weighted by Gasteiger charge is -2.17. The summed E-state index contributed by atoms with van der Waals surface area (Å²) in [5.74, 6) is 0.973. The van der Waals surface area contributed by atoms with Gasteiger partial charge >= 0.3 is 0 Å². The van der Waals surface area contributed by atoms with E-state index in [0.29, 0.717) is 0 Å². The Morgan fingerprint density at radius 3 is 2.16 bits per heavy atom. The van der Waals surface area contributed by atoms with Crippen LogP contribution in [-0.4, -0.2) is 25.3 Å². The van der Waals surface area contributed by atoms with Gasteiger partial charge in [-0.15, -0.1) is 0 Å². The molecule has 2 N–H and O–H groups in total. The highest BCUT2D eigenvalue weighted by molar-refractivity contribution is 5.25. The van der Waals surface area contributed by atoms with Gasteiger partial charge in [0.1, 0.15) is 0 Å². The summed E-state index contributed by atoms with van der Waals surface area (Å²) in [4.78, 5) is 0. The summed E-state index contributed by atoms with van der Waals surface area (Å²) in [6.45, 7) is 9.18. The van der Waals surface area contributed by atoms with E-state index < -0.39 is 0 Å². The Bertz CT molecular complexity index is 306. The maximum Gasteiger partial charge on any atom is 0.0319 e. The van der Waals surface area contributed by atoms with Gasteiger partial charge in [-0.25, -0.2) is 0 Å². The molecule has 0 bridgehead atoms. The lowest BCUT2D eigenvalue weighted by Crippen LogP contribution is -2.26. The number of hydrogen-bond acceptors (Lipinski definition) is 2. The SMILES string of the molecule is CC1CCNCC1.CCCc1ccccc1C.CO. The fourth-order valence-corrected chi connectivity index (χ4v) is 2.13. The second-order valence-electron chi connectivity index (χ2n) is 5.11. The molecular weight excluding hydrogens is 234 g/mol. The Hall–Kier alpha value is -0.860. The molecule has 0 atom stereocenters. The molecule has 2 nitrogen and oxygen atoms in total. The van der Waals surface area contributed by atoms with E-state index >= 15 is 0 Å². The molecule has 0 spiro atoms. The molecule has 1 aliphatic heterocycles. The molecule has 1 fully saturated rings. The molecule has 0 saturated carbocycles. The largest absolute Gasteiger partial charge is 0.400 e. The fourth-order valence-electron chi connectivity index (χ4n) is 2.13. The van der Waals surface area contributed by atoms with Crippen LogP contribution in [-0.2, 0) is 6.42 Å². The molecule has 1 aliphatic rings. The normalized spacial score (nSPS) is 14.8. The minimum atomic E-state index is 0.973. The van der Waals surface area contributed by atoms with E-state index in [1.54, 1.807) is 0 Å². The van der Waals surface area contributed by atoms with Crippen LogP contribution in [0, 0.1) is 12.8 Å². The number of aliphatic hydroxyl groups excluding tert-OH is 1. The zero-order chi connectivity index (χ0) is 14.5. The molecule has 0 amide bonds. The Morgan fingerprint density at radius 2 is 1.74 bits per heavy atom. The molecule has 0 aliphatic carbocycles. The van der Waals surface area contributed by atoms with Crippen LogP contribution >= 0.6 is 0 Å². The third-order valence-corrected chi connectivity index (χ3v) is 3.41. The average Bonchev–Trinajstić information content (AvgIpc) is 2.45. The summed E-state index contributed by atoms with van der Waals surface area (Å²) >= 11 is 0. The second kappa shape index (κ2) is 12.2. The Balaban J connectivity index is 0.000000316. The van der Waals surface area contributed by atoms with Gasteiger partial charge < -0.3 is 10.4 Å². The van der Waals surface area contributed by atoms with Crippen LogP contribution in [0.3, 0.4) is 0 Å². The molecule has 2 heteroatoms. The molecule has 0 aromatic heterocycles. The van der Waals surface area contributed by atoms with Crippen molar-refractivity contribution >= 4 is 0 Å². The van der Waals surface area contributed by atoms with Gasteiger partial charge in [0, 0.05) is 7.11 Å². The van der Waals surface area contributed by atoms with Crippen molar-refractivity contribution in [2.24, 2.45) is 5.92 Å². The third kappa shape index (κ3) is 8.79. The number of benzene rings is 1. The van der Waals surface area contributed by atoms with Crippen molar-refractivity contribution < 1.29 is 5.11 Å². The van der Waals surface area contributed by atoms with E-state index in [2.05, 4.69) is 50.4 Å². The number of piperidine rings is 1. The molecule has 1 aromatic carbocycles. The standard InChI is InChI=1S/C10H14.C6H13N.CH4O/c1-3-6-10-8-5-4-7-9(10)2;1-6-2-4-7-5-3-6;1-2/h4-5,7-8H,3,6H2,1-2H3;6-7H,2-5H2,1H3;2H,1H3. The predicted molar refractivity (Wildman–Crippen MR) is 84.6 cm³/mol. The van der Waals surface area contributed by atoms with Crippen LogP contribution in [0.1, 0.15) is 44.2 Å². The Labute approximate surface area is 119 Å². The highest BCUT2D eigenvalue weighted by Crippen LogP contribution is 2.08. The summed E-state index contributed by atoms with van der Waals surface area (Å²) in [6.07, 6.45) is 5.21. The van der Waals surface area contributed by atoms with E-state index in [1.165, 1.54) is 49.9 Å². The van der Waals surface area contributed by atoms with Gasteiger partial charge in [-0.05, 0) is 56.3 Å². The number of rotatable bonds is 2. The predicted octanol–water partition coefficient (Wildman–Crippen LogP) is 3.56. The van der Waals surface area contributed by atoms with Crippen molar-refractivity contribution in [2.75, 3.05) is 20.2 Å². The van der Waals surface area contributed by atoms with E-state index in [0.717, 1.165) is 13.0 Å². The van der Waals surface area contributed by atoms with Crippen LogP contribution in [0.4, 0.5) is 0 Å². The van der Waals surface area contributed by atoms with Gasteiger partial charge in [0.2, 0.25) is 0 Å². The number of aryl methyl sites for hydroxylation is 2. The summed E-state index contributed by atoms with van der Waals surface area (Å²) in [5, 5.41) is 10.3. The first-order valence-electron chi connectivity index (χ1n) is 7.44. The highest BCUT2D eigenvalue weighted by Gasteiger charge is 2.05. The van der Waals surface area contributed by atoms with Crippen LogP contribution in [0.25, 0.3) is 0 Å². The first kappa shape index (κ1) is 18.1. The lowest BCUT2D eigenvalue weighted by atomic mass is 10.0. The maximum atomic E-state index is 7.00. The molecule has 19 heavy (non-hydrogen) atoms. The summed E-state index contributed by atoms with van der Waals surface area (Å²) in [7, 11) is 1.00. The van der Waals surface area contributed by atoms with Crippen LogP contribution < -0.4 is 5.32 Å². The monoisotopic (exact) mass is 265 g/mol. The third-order valence-electron chi connectivity index (χ3n) is 3.41. The first-order chi connectivity index (χ1) is 9.24. The van der Waals surface area contributed by atoms with Crippen LogP contribution in [0.5, 0.6) is 0 Å². The van der Waals surface area contributed by atoms with Gasteiger partial charge in [-0.1, -0.05) is 44.5 Å². The van der Waals surface area contributed by atoms with Crippen molar-refractivity contribution in [3.05, 3.63) is 35.4 Å². The number of hydrogen-bond donors (Lipinski definition) is 2. The lowest BCUT2D eigenvalue weighted by molar-refractivity contribution is 0.399. The molecule has 110 valence electrons. The van der Waals surface area contributed by atoms with Crippen molar-refractivity contribution in [2.45, 2.75) is 46.5 Å². The Morgan fingerprint density at radius 1 is 1.16 bits per heavy atom. The van der Waals surface area contributed by atoms with Gasteiger partial charge in [-0.3, -0.25) is 0 Å². The van der Waals surface area contributed by atoms with E-state index in [1.807, 2.05) is 0 Å². The molecule has 1 saturated heterocycles. The summed E-state index contributed by atoms with van der Waals surface area (Å²) in [6, 6.07) is 8.58. The first-order valence-corrected chi connectivity index (χ1v) is 7.44. The van der Waals surface area contributed by atoms with Crippen molar-refractivity contribution in [1.29, 1.82) is 0 Å². The maximum absolute atomic E-state index is 7.00.